The first-order valence-corrected chi connectivity index (χ1v) is 15.7. The molecular weight excluding hydrogens is 641 g/mol. The van der Waals surface area contributed by atoms with Crippen molar-refractivity contribution in [2.75, 3.05) is 18.0 Å². The lowest BCUT2D eigenvalue weighted by molar-refractivity contribution is -0.140. The molecule has 0 unspecified atom stereocenters. The zero-order valence-corrected chi connectivity index (χ0v) is 26.2. The van der Waals surface area contributed by atoms with E-state index in [2.05, 4.69) is 27.9 Å². The lowest BCUT2D eigenvalue weighted by Gasteiger charge is -2.33. The molecule has 0 aliphatic heterocycles. The number of benzene rings is 3. The Bertz CT molecular complexity index is 1380. The number of halogens is 1. The van der Waals surface area contributed by atoms with E-state index in [1.54, 1.807) is 61.7 Å². The van der Waals surface area contributed by atoms with Crippen LogP contribution in [0, 0.1) is 3.57 Å². The third kappa shape index (κ3) is 7.97. The number of hydrogen-bond acceptors (Lipinski definition) is 5. The maximum atomic E-state index is 14.1. The molecule has 3 aromatic carbocycles. The van der Waals surface area contributed by atoms with Crippen molar-refractivity contribution in [3.05, 3.63) is 88.0 Å². The normalized spacial score (nSPS) is 12.7. The van der Waals surface area contributed by atoms with Gasteiger partial charge >= 0.3 is 0 Å². The number of methoxy groups -OCH3 is 1. The molecule has 1 N–H and O–H groups in total. The highest BCUT2D eigenvalue weighted by molar-refractivity contribution is 14.1. The summed E-state index contributed by atoms with van der Waals surface area (Å²) >= 11 is 2.14. The molecule has 8 nitrogen and oxygen atoms in total. The Balaban J connectivity index is 2.05. The van der Waals surface area contributed by atoms with Gasteiger partial charge in [0.1, 0.15) is 18.3 Å². The molecule has 0 saturated carbocycles. The molecule has 2 atom stereocenters. The summed E-state index contributed by atoms with van der Waals surface area (Å²) in [6.45, 7) is 5.34. The van der Waals surface area contributed by atoms with Crippen molar-refractivity contribution in [1.29, 1.82) is 0 Å². The number of sulfonamides is 1. The van der Waals surface area contributed by atoms with Gasteiger partial charge in [-0.2, -0.15) is 0 Å². The molecule has 0 heterocycles. The third-order valence-electron chi connectivity index (χ3n) is 6.60. The van der Waals surface area contributed by atoms with Crippen molar-refractivity contribution >= 4 is 50.1 Å². The number of carbonyl (C=O) groups excluding carboxylic acids is 2. The molecule has 0 saturated heterocycles. The maximum Gasteiger partial charge on any atom is 0.264 e. The van der Waals surface area contributed by atoms with Gasteiger partial charge in [-0.25, -0.2) is 8.42 Å². The van der Waals surface area contributed by atoms with Crippen molar-refractivity contribution in [2.45, 2.75) is 57.1 Å². The van der Waals surface area contributed by atoms with Crippen LogP contribution in [-0.2, 0) is 26.2 Å². The molecule has 0 spiro atoms. The minimum absolute atomic E-state index is 0.0715. The topological polar surface area (TPSA) is 96.0 Å². The molecule has 0 aliphatic rings. The van der Waals surface area contributed by atoms with Gasteiger partial charge in [-0.05, 0) is 96.5 Å². The molecule has 40 heavy (non-hydrogen) atoms. The molecule has 0 fully saturated rings. The predicted molar refractivity (Wildman–Crippen MR) is 166 cm³/mol. The van der Waals surface area contributed by atoms with E-state index in [9.17, 15) is 18.0 Å². The highest BCUT2D eigenvalue weighted by atomic mass is 127. The van der Waals surface area contributed by atoms with Crippen LogP contribution in [0.1, 0.15) is 39.2 Å². The van der Waals surface area contributed by atoms with E-state index >= 15 is 0 Å². The highest BCUT2D eigenvalue weighted by Crippen LogP contribution is 2.26. The Labute approximate surface area is 250 Å². The number of amides is 2. The fourth-order valence-corrected chi connectivity index (χ4v) is 5.98. The average Bonchev–Trinajstić information content (AvgIpc) is 2.96. The Kier molecular flexibility index (Phi) is 11.4. The number of hydrogen-bond donors (Lipinski definition) is 1. The summed E-state index contributed by atoms with van der Waals surface area (Å²) in [5.41, 5.74) is 1.12. The van der Waals surface area contributed by atoms with E-state index in [4.69, 9.17) is 4.74 Å². The maximum absolute atomic E-state index is 14.1. The second-order valence-corrected chi connectivity index (χ2v) is 12.5. The molecule has 3 aromatic rings. The van der Waals surface area contributed by atoms with Crippen LogP contribution >= 0.6 is 22.6 Å². The van der Waals surface area contributed by atoms with Gasteiger partial charge in [0, 0.05) is 16.2 Å². The zero-order chi connectivity index (χ0) is 29.3. The first-order valence-electron chi connectivity index (χ1n) is 13.2. The van der Waals surface area contributed by atoms with Gasteiger partial charge in [0.05, 0.1) is 17.7 Å². The van der Waals surface area contributed by atoms with Crippen molar-refractivity contribution in [3.63, 3.8) is 0 Å². The summed E-state index contributed by atoms with van der Waals surface area (Å²) < 4.78 is 35.1. The first-order chi connectivity index (χ1) is 19.1. The van der Waals surface area contributed by atoms with Gasteiger partial charge in [-0.15, -0.1) is 0 Å². The zero-order valence-electron chi connectivity index (χ0n) is 23.2. The van der Waals surface area contributed by atoms with Crippen LogP contribution in [-0.4, -0.2) is 50.9 Å². The standard InChI is InChI=1S/C30H36IN3O5S/c1-5-22(3)32-30(36)28(6-2)33(20-23-11-10-12-26(19-23)39-4)29(35)21-34(25-17-15-24(31)16-18-25)40(37,38)27-13-8-7-9-14-27/h7-19,22,28H,5-6,20-21H2,1-4H3,(H,32,36)/t22-,28-/m0/s1. The molecule has 0 bridgehead atoms. The summed E-state index contributed by atoms with van der Waals surface area (Å²) in [6.07, 6.45) is 1.09. The van der Waals surface area contributed by atoms with E-state index in [0.717, 1.165) is 19.9 Å². The number of nitrogens with one attached hydrogen (secondary N) is 1. The minimum Gasteiger partial charge on any atom is -0.497 e. The average molecular weight is 678 g/mol. The second-order valence-electron chi connectivity index (χ2n) is 9.42. The Morgan fingerprint density at radius 1 is 0.950 bits per heavy atom. The molecule has 0 aromatic heterocycles. The third-order valence-corrected chi connectivity index (χ3v) is 9.11. The Hall–Kier alpha value is -3.12. The fourth-order valence-electron chi connectivity index (χ4n) is 4.18. The molecule has 0 aliphatic carbocycles. The number of ether oxygens (including phenoxy) is 1. The summed E-state index contributed by atoms with van der Waals surface area (Å²) in [4.78, 5) is 29.0. The number of anilines is 1. The number of carbonyl (C=O) groups is 2. The van der Waals surface area contributed by atoms with Crippen LogP contribution in [0.15, 0.2) is 83.8 Å². The molecule has 2 amide bonds. The SMILES string of the molecule is CC[C@H](C)NC(=O)[C@H](CC)N(Cc1cccc(OC)c1)C(=O)CN(c1ccc(I)cc1)S(=O)(=O)c1ccccc1. The van der Waals surface area contributed by atoms with Crippen LogP contribution in [0.2, 0.25) is 0 Å². The minimum atomic E-state index is -4.09. The molecule has 0 radical (unpaired) electrons. The monoisotopic (exact) mass is 677 g/mol. The van der Waals surface area contributed by atoms with E-state index in [1.807, 2.05) is 32.9 Å². The highest BCUT2D eigenvalue weighted by Gasteiger charge is 2.34. The lowest BCUT2D eigenvalue weighted by atomic mass is 10.1. The Morgan fingerprint density at radius 2 is 1.62 bits per heavy atom. The number of rotatable bonds is 13. The Morgan fingerprint density at radius 3 is 2.23 bits per heavy atom. The van der Waals surface area contributed by atoms with E-state index in [0.29, 0.717) is 17.9 Å². The van der Waals surface area contributed by atoms with Crippen molar-refractivity contribution in [3.8, 4) is 5.75 Å². The van der Waals surface area contributed by atoms with E-state index < -0.39 is 28.5 Å². The van der Waals surface area contributed by atoms with Crippen LogP contribution < -0.4 is 14.4 Å². The summed E-state index contributed by atoms with van der Waals surface area (Å²) in [6, 6.07) is 21.3. The molecule has 214 valence electrons. The van der Waals surface area contributed by atoms with Gasteiger partial charge < -0.3 is 15.0 Å². The first kappa shape index (κ1) is 31.4. The van der Waals surface area contributed by atoms with E-state index in [1.165, 1.54) is 17.0 Å². The van der Waals surface area contributed by atoms with Gasteiger partial charge in [0.25, 0.3) is 10.0 Å². The summed E-state index contributed by atoms with van der Waals surface area (Å²) in [5, 5.41) is 2.98. The van der Waals surface area contributed by atoms with Crippen molar-refractivity contribution in [2.24, 2.45) is 0 Å². The van der Waals surface area contributed by atoms with Crippen LogP contribution in [0.3, 0.4) is 0 Å². The van der Waals surface area contributed by atoms with Gasteiger partial charge in [0.2, 0.25) is 11.8 Å². The van der Waals surface area contributed by atoms with E-state index in [-0.39, 0.29) is 23.4 Å². The smallest absolute Gasteiger partial charge is 0.264 e. The fraction of sp³-hybridized carbons (Fsp3) is 0.333. The molecular formula is C30H36IN3O5S. The lowest BCUT2D eigenvalue weighted by Crippen LogP contribution is -2.53. The predicted octanol–water partition coefficient (Wildman–Crippen LogP) is 5.22. The van der Waals surface area contributed by atoms with Gasteiger partial charge in [-0.3, -0.25) is 13.9 Å². The van der Waals surface area contributed by atoms with Gasteiger partial charge in [-0.1, -0.05) is 44.2 Å². The second kappa shape index (κ2) is 14.5. The van der Waals surface area contributed by atoms with Gasteiger partial charge in [0.15, 0.2) is 0 Å². The summed E-state index contributed by atoms with van der Waals surface area (Å²) in [5.74, 6) is -0.152. The van der Waals surface area contributed by atoms with Crippen molar-refractivity contribution < 1.29 is 22.7 Å². The molecule has 10 heteroatoms. The summed E-state index contributed by atoms with van der Waals surface area (Å²) in [7, 11) is -2.53. The quantitative estimate of drug-likeness (QED) is 0.251. The van der Waals surface area contributed by atoms with Crippen molar-refractivity contribution in [1.82, 2.24) is 10.2 Å². The van der Waals surface area contributed by atoms with Crippen LogP contribution in [0.25, 0.3) is 0 Å². The number of nitrogens with zero attached hydrogens (tertiary/aromatic N) is 2. The largest absolute Gasteiger partial charge is 0.497 e. The van der Waals surface area contributed by atoms with Crippen LogP contribution in [0.4, 0.5) is 5.69 Å². The van der Waals surface area contributed by atoms with Crippen LogP contribution in [0.5, 0.6) is 5.75 Å². The molecule has 3 rings (SSSR count).